The maximum absolute atomic E-state index is 11.1. The first-order chi connectivity index (χ1) is 9.92. The van der Waals surface area contributed by atoms with Crippen LogP contribution in [0.25, 0.3) is 11.1 Å². The number of aromatic nitrogens is 2. The Morgan fingerprint density at radius 2 is 1.90 bits per heavy atom. The molecule has 7 heteroatoms. The van der Waals surface area contributed by atoms with E-state index in [2.05, 4.69) is 15.3 Å². The molecule has 4 nitrogen and oxygen atoms in total. The van der Waals surface area contributed by atoms with Crippen molar-refractivity contribution in [3.8, 4) is 11.1 Å². The first kappa shape index (κ1) is 16.0. The second kappa shape index (κ2) is 6.60. The summed E-state index contributed by atoms with van der Waals surface area (Å²) in [6, 6.07) is 5.21. The molecule has 0 aliphatic rings. The molecule has 1 heterocycles. The number of amides is 1. The Hall–Kier alpha value is -1.36. The Balaban J connectivity index is 2.57. The quantitative estimate of drug-likeness (QED) is 0.826. The second-order valence-electron chi connectivity index (χ2n) is 4.32. The number of anilines is 1. The Morgan fingerprint density at radius 1 is 1.19 bits per heavy atom. The van der Waals surface area contributed by atoms with Gasteiger partial charge in [0.25, 0.3) is 0 Å². The van der Waals surface area contributed by atoms with Crippen LogP contribution in [0.4, 0.5) is 5.95 Å². The molecule has 0 aliphatic carbocycles. The molecule has 21 heavy (non-hydrogen) atoms. The molecule has 0 aliphatic heterocycles. The molecule has 2 rings (SSSR count). The van der Waals surface area contributed by atoms with Gasteiger partial charge in [-0.2, -0.15) is 0 Å². The Morgan fingerprint density at radius 3 is 2.48 bits per heavy atom. The third-order valence-electron chi connectivity index (χ3n) is 2.77. The molecule has 1 N–H and O–H groups in total. The summed E-state index contributed by atoms with van der Waals surface area (Å²) in [6.07, 6.45) is 0.629. The van der Waals surface area contributed by atoms with Gasteiger partial charge in [0.05, 0.1) is 15.7 Å². The molecule has 1 aromatic carbocycles. The molecule has 0 radical (unpaired) electrons. The monoisotopic (exact) mass is 343 g/mol. The Bertz CT molecular complexity index is 704. The van der Waals surface area contributed by atoms with E-state index in [1.54, 1.807) is 18.2 Å². The van der Waals surface area contributed by atoms with Crippen molar-refractivity contribution in [2.75, 3.05) is 5.32 Å². The average Bonchev–Trinajstić information content (AvgIpc) is 2.40. The first-order valence-corrected chi connectivity index (χ1v) is 7.35. The zero-order valence-corrected chi connectivity index (χ0v) is 13.6. The highest BCUT2D eigenvalue weighted by molar-refractivity contribution is 6.42. The van der Waals surface area contributed by atoms with Gasteiger partial charge in [0, 0.05) is 12.5 Å². The van der Waals surface area contributed by atoms with Crippen molar-refractivity contribution < 1.29 is 4.79 Å². The van der Waals surface area contributed by atoms with E-state index in [4.69, 9.17) is 34.8 Å². The number of carbonyl (C=O) groups is 1. The standard InChI is InChI=1S/C14H12Cl3N3O/c1-3-11-12(8-4-5-9(15)10(16)6-8)13(17)20-14(19-11)18-7(2)21/h4-6H,3H2,1-2H3,(H,18,19,20,21). The van der Waals surface area contributed by atoms with E-state index in [0.717, 1.165) is 11.3 Å². The summed E-state index contributed by atoms with van der Waals surface area (Å²) in [7, 11) is 0. The topological polar surface area (TPSA) is 54.9 Å². The molecule has 2 aromatic rings. The van der Waals surface area contributed by atoms with Crippen molar-refractivity contribution in [1.29, 1.82) is 0 Å². The lowest BCUT2D eigenvalue weighted by molar-refractivity contribution is -0.114. The molecule has 0 spiro atoms. The number of carbonyl (C=O) groups excluding carboxylic acids is 1. The lowest BCUT2D eigenvalue weighted by Crippen LogP contribution is -2.11. The third-order valence-corrected chi connectivity index (χ3v) is 3.78. The average molecular weight is 345 g/mol. The molecule has 1 aromatic heterocycles. The molecule has 0 saturated heterocycles. The van der Waals surface area contributed by atoms with Crippen LogP contribution in [0.15, 0.2) is 18.2 Å². The molecule has 1 amide bonds. The van der Waals surface area contributed by atoms with E-state index in [9.17, 15) is 4.79 Å². The molecule has 0 saturated carbocycles. The lowest BCUT2D eigenvalue weighted by Gasteiger charge is -2.12. The Kier molecular flexibility index (Phi) is 5.04. The van der Waals surface area contributed by atoms with E-state index in [1.165, 1.54) is 6.92 Å². The fourth-order valence-corrected chi connectivity index (χ4v) is 2.48. The van der Waals surface area contributed by atoms with Crippen LogP contribution < -0.4 is 5.32 Å². The largest absolute Gasteiger partial charge is 0.295 e. The molecule has 0 fully saturated rings. The summed E-state index contributed by atoms with van der Waals surface area (Å²) in [6.45, 7) is 3.33. The van der Waals surface area contributed by atoms with Crippen LogP contribution in [-0.2, 0) is 11.2 Å². The van der Waals surface area contributed by atoms with Crippen molar-refractivity contribution in [3.05, 3.63) is 39.1 Å². The van der Waals surface area contributed by atoms with Crippen LogP contribution in [0.1, 0.15) is 19.5 Å². The highest BCUT2D eigenvalue weighted by Crippen LogP contribution is 2.34. The zero-order chi connectivity index (χ0) is 15.6. The minimum Gasteiger partial charge on any atom is -0.295 e. The van der Waals surface area contributed by atoms with Crippen molar-refractivity contribution >= 4 is 46.7 Å². The number of rotatable bonds is 3. The van der Waals surface area contributed by atoms with Gasteiger partial charge in [-0.25, -0.2) is 9.97 Å². The van der Waals surface area contributed by atoms with Crippen molar-refractivity contribution in [3.63, 3.8) is 0 Å². The fraction of sp³-hybridized carbons (Fsp3) is 0.214. The maximum Gasteiger partial charge on any atom is 0.231 e. The van der Waals surface area contributed by atoms with Gasteiger partial charge in [-0.15, -0.1) is 0 Å². The number of nitrogens with zero attached hydrogens (tertiary/aromatic N) is 2. The maximum atomic E-state index is 11.1. The van der Waals surface area contributed by atoms with Gasteiger partial charge in [-0.05, 0) is 24.1 Å². The van der Waals surface area contributed by atoms with Gasteiger partial charge < -0.3 is 0 Å². The van der Waals surface area contributed by atoms with E-state index >= 15 is 0 Å². The van der Waals surface area contributed by atoms with E-state index in [1.807, 2.05) is 6.92 Å². The number of hydrogen-bond acceptors (Lipinski definition) is 3. The second-order valence-corrected chi connectivity index (χ2v) is 5.50. The summed E-state index contributed by atoms with van der Waals surface area (Å²) < 4.78 is 0. The zero-order valence-electron chi connectivity index (χ0n) is 11.4. The van der Waals surface area contributed by atoms with Crippen molar-refractivity contribution in [1.82, 2.24) is 9.97 Å². The number of aryl methyl sites for hydroxylation is 1. The molecular formula is C14H12Cl3N3O. The van der Waals surface area contributed by atoms with Crippen LogP contribution >= 0.6 is 34.8 Å². The molecule has 0 atom stereocenters. The number of benzene rings is 1. The van der Waals surface area contributed by atoms with E-state index in [-0.39, 0.29) is 17.0 Å². The highest BCUT2D eigenvalue weighted by Gasteiger charge is 2.15. The number of halogens is 3. The molecule has 110 valence electrons. The van der Waals surface area contributed by atoms with E-state index in [0.29, 0.717) is 22.0 Å². The summed E-state index contributed by atoms with van der Waals surface area (Å²) in [4.78, 5) is 19.5. The first-order valence-electron chi connectivity index (χ1n) is 6.21. The minimum absolute atomic E-state index is 0.188. The number of nitrogens with one attached hydrogen (secondary N) is 1. The van der Waals surface area contributed by atoms with Crippen LogP contribution in [0, 0.1) is 0 Å². The molecule has 0 bridgehead atoms. The number of hydrogen-bond donors (Lipinski definition) is 1. The van der Waals surface area contributed by atoms with Gasteiger partial charge in [-0.1, -0.05) is 47.8 Å². The minimum atomic E-state index is -0.254. The van der Waals surface area contributed by atoms with Gasteiger partial charge in [0.2, 0.25) is 11.9 Å². The van der Waals surface area contributed by atoms with Crippen LogP contribution in [0.2, 0.25) is 15.2 Å². The summed E-state index contributed by atoms with van der Waals surface area (Å²) in [5.74, 6) is -0.0661. The summed E-state index contributed by atoms with van der Waals surface area (Å²) in [5, 5.41) is 3.67. The van der Waals surface area contributed by atoms with Crippen molar-refractivity contribution in [2.45, 2.75) is 20.3 Å². The fourth-order valence-electron chi connectivity index (χ4n) is 1.88. The summed E-state index contributed by atoms with van der Waals surface area (Å²) >= 11 is 18.2. The predicted molar refractivity (Wildman–Crippen MR) is 86.2 cm³/mol. The van der Waals surface area contributed by atoms with Crippen LogP contribution in [0.3, 0.4) is 0 Å². The SMILES string of the molecule is CCc1nc(NC(C)=O)nc(Cl)c1-c1ccc(Cl)c(Cl)c1. The van der Waals surface area contributed by atoms with Gasteiger partial charge >= 0.3 is 0 Å². The van der Waals surface area contributed by atoms with Crippen LogP contribution in [-0.4, -0.2) is 15.9 Å². The van der Waals surface area contributed by atoms with E-state index < -0.39 is 0 Å². The van der Waals surface area contributed by atoms with Crippen LogP contribution in [0.5, 0.6) is 0 Å². The summed E-state index contributed by atoms with van der Waals surface area (Å²) in [5.41, 5.74) is 2.18. The van der Waals surface area contributed by atoms with Gasteiger partial charge in [-0.3, -0.25) is 10.1 Å². The smallest absolute Gasteiger partial charge is 0.231 e. The highest BCUT2D eigenvalue weighted by atomic mass is 35.5. The third kappa shape index (κ3) is 3.64. The normalized spacial score (nSPS) is 10.5. The van der Waals surface area contributed by atoms with Gasteiger partial charge in [0.15, 0.2) is 0 Å². The van der Waals surface area contributed by atoms with Gasteiger partial charge in [0.1, 0.15) is 5.15 Å². The molecule has 0 unspecified atom stereocenters. The Labute approximate surface area is 137 Å². The predicted octanol–water partition coefficient (Wildman–Crippen LogP) is 4.62. The van der Waals surface area contributed by atoms with Crippen molar-refractivity contribution in [2.24, 2.45) is 0 Å². The lowest BCUT2D eigenvalue weighted by atomic mass is 10.0. The molecular weight excluding hydrogens is 333 g/mol.